The lowest BCUT2D eigenvalue weighted by Crippen LogP contribution is -2.04. The second-order valence-electron chi connectivity index (χ2n) is 3.12. The van der Waals surface area contributed by atoms with E-state index in [9.17, 15) is 0 Å². The monoisotopic (exact) mass is 183 g/mol. The number of anilines is 1. The van der Waals surface area contributed by atoms with Crippen molar-refractivity contribution in [1.82, 2.24) is 9.78 Å². The van der Waals surface area contributed by atoms with Crippen LogP contribution in [0, 0.1) is 6.92 Å². The average Bonchev–Trinajstić information content (AvgIpc) is 2.37. The molecule has 0 fully saturated rings. The molecule has 1 aromatic heterocycles. The summed E-state index contributed by atoms with van der Waals surface area (Å²) in [5.41, 5.74) is 2.78. The Labute approximate surface area is 78.6 Å². The molecular weight excluding hydrogens is 166 g/mol. The highest BCUT2D eigenvalue weighted by Crippen LogP contribution is 2.19. The molecule has 0 spiro atoms. The minimum atomic E-state index is 0.0311. The first kappa shape index (κ1) is 10.1. The molecule has 0 radical (unpaired) electrons. The van der Waals surface area contributed by atoms with E-state index in [1.54, 1.807) is 4.68 Å². The van der Waals surface area contributed by atoms with E-state index in [1.165, 1.54) is 0 Å². The minimum Gasteiger partial charge on any atom is -0.390 e. The maximum absolute atomic E-state index is 9.11. The van der Waals surface area contributed by atoms with Gasteiger partial charge >= 0.3 is 0 Å². The van der Waals surface area contributed by atoms with Crippen LogP contribution in [0.15, 0.2) is 0 Å². The molecule has 13 heavy (non-hydrogen) atoms. The fraction of sp³-hybridized carbons (Fsp3) is 0.667. The maximum atomic E-state index is 9.11. The number of aliphatic hydroxyl groups excluding tert-OH is 1. The summed E-state index contributed by atoms with van der Waals surface area (Å²) in [6.45, 7) is 5.00. The minimum absolute atomic E-state index is 0.0311. The van der Waals surface area contributed by atoms with Gasteiger partial charge in [-0.25, -0.2) is 0 Å². The summed E-state index contributed by atoms with van der Waals surface area (Å²) >= 11 is 0. The van der Waals surface area contributed by atoms with E-state index in [-0.39, 0.29) is 6.61 Å². The predicted molar refractivity (Wildman–Crippen MR) is 52.6 cm³/mol. The maximum Gasteiger partial charge on any atom is 0.0870 e. The van der Waals surface area contributed by atoms with Crippen LogP contribution in [-0.2, 0) is 13.7 Å². The lowest BCUT2D eigenvalue weighted by molar-refractivity contribution is 0.271. The summed E-state index contributed by atoms with van der Waals surface area (Å²) in [5.74, 6) is 0. The Kier molecular flexibility index (Phi) is 3.31. The summed E-state index contributed by atoms with van der Waals surface area (Å²) in [5, 5.41) is 16.6. The smallest absolute Gasteiger partial charge is 0.0870 e. The van der Waals surface area contributed by atoms with Crippen LogP contribution in [0.5, 0.6) is 0 Å². The zero-order valence-corrected chi connectivity index (χ0v) is 8.46. The second-order valence-corrected chi connectivity index (χ2v) is 3.12. The van der Waals surface area contributed by atoms with Crippen molar-refractivity contribution in [3.05, 3.63) is 11.4 Å². The second kappa shape index (κ2) is 4.28. The van der Waals surface area contributed by atoms with E-state index in [0.29, 0.717) is 0 Å². The molecule has 0 saturated carbocycles. The molecule has 1 aromatic rings. The highest BCUT2D eigenvalue weighted by Gasteiger charge is 2.10. The van der Waals surface area contributed by atoms with Gasteiger partial charge < -0.3 is 10.4 Å². The fourth-order valence-electron chi connectivity index (χ4n) is 1.37. The number of rotatable bonds is 4. The quantitative estimate of drug-likeness (QED) is 0.733. The summed E-state index contributed by atoms with van der Waals surface area (Å²) in [6, 6.07) is 0. The Morgan fingerprint density at radius 3 is 2.77 bits per heavy atom. The van der Waals surface area contributed by atoms with Gasteiger partial charge in [0, 0.05) is 13.6 Å². The number of hydrogen-bond donors (Lipinski definition) is 2. The van der Waals surface area contributed by atoms with Crippen LogP contribution in [0.2, 0.25) is 0 Å². The van der Waals surface area contributed by atoms with Crippen molar-refractivity contribution in [3.8, 4) is 0 Å². The zero-order chi connectivity index (χ0) is 9.84. The van der Waals surface area contributed by atoms with Gasteiger partial charge in [-0.1, -0.05) is 6.92 Å². The van der Waals surface area contributed by atoms with Crippen LogP contribution in [-0.4, -0.2) is 21.4 Å². The van der Waals surface area contributed by atoms with Crippen LogP contribution in [0.25, 0.3) is 0 Å². The summed E-state index contributed by atoms with van der Waals surface area (Å²) in [4.78, 5) is 0. The SMILES string of the molecule is CCCNc1c(C)nn(C)c1CO. The predicted octanol–water partition coefficient (Wildman–Crippen LogP) is 1.04. The van der Waals surface area contributed by atoms with Crippen molar-refractivity contribution in [1.29, 1.82) is 0 Å². The van der Waals surface area contributed by atoms with Gasteiger partial charge in [-0.15, -0.1) is 0 Å². The zero-order valence-electron chi connectivity index (χ0n) is 8.46. The van der Waals surface area contributed by atoms with Gasteiger partial charge in [0.2, 0.25) is 0 Å². The van der Waals surface area contributed by atoms with E-state index >= 15 is 0 Å². The highest BCUT2D eigenvalue weighted by atomic mass is 16.3. The Balaban J connectivity index is 2.89. The van der Waals surface area contributed by atoms with Gasteiger partial charge in [-0.3, -0.25) is 4.68 Å². The number of nitrogens with one attached hydrogen (secondary N) is 1. The van der Waals surface area contributed by atoms with E-state index in [0.717, 1.165) is 30.0 Å². The van der Waals surface area contributed by atoms with Crippen LogP contribution in [0.1, 0.15) is 24.7 Å². The van der Waals surface area contributed by atoms with E-state index in [4.69, 9.17) is 5.11 Å². The van der Waals surface area contributed by atoms with Crippen molar-refractivity contribution in [2.24, 2.45) is 7.05 Å². The summed E-state index contributed by atoms with van der Waals surface area (Å²) in [6.07, 6.45) is 1.07. The molecule has 1 heterocycles. The van der Waals surface area contributed by atoms with Crippen LogP contribution in [0.3, 0.4) is 0 Å². The Hall–Kier alpha value is -1.03. The molecule has 2 N–H and O–H groups in total. The lowest BCUT2D eigenvalue weighted by Gasteiger charge is -2.05. The third-order valence-corrected chi connectivity index (χ3v) is 2.04. The van der Waals surface area contributed by atoms with Crippen LogP contribution >= 0.6 is 0 Å². The first-order valence-corrected chi connectivity index (χ1v) is 4.57. The molecule has 1 rings (SSSR count). The molecule has 0 aromatic carbocycles. The fourth-order valence-corrected chi connectivity index (χ4v) is 1.37. The van der Waals surface area contributed by atoms with Crippen LogP contribution in [0.4, 0.5) is 5.69 Å². The topological polar surface area (TPSA) is 50.1 Å². The van der Waals surface area contributed by atoms with Gasteiger partial charge in [-0.05, 0) is 13.3 Å². The molecule has 0 unspecified atom stereocenters. The van der Waals surface area contributed by atoms with Gasteiger partial charge in [0.25, 0.3) is 0 Å². The third kappa shape index (κ3) is 2.01. The largest absolute Gasteiger partial charge is 0.390 e. The molecule has 4 heteroatoms. The normalized spacial score (nSPS) is 10.5. The molecule has 0 aliphatic carbocycles. The number of aromatic nitrogens is 2. The van der Waals surface area contributed by atoms with Crippen molar-refractivity contribution in [2.75, 3.05) is 11.9 Å². The molecule has 0 saturated heterocycles. The molecule has 0 atom stereocenters. The van der Waals surface area contributed by atoms with Crippen molar-refractivity contribution >= 4 is 5.69 Å². The highest BCUT2D eigenvalue weighted by molar-refractivity contribution is 5.52. The number of nitrogens with zero attached hydrogens (tertiary/aromatic N) is 2. The Morgan fingerprint density at radius 2 is 2.23 bits per heavy atom. The third-order valence-electron chi connectivity index (χ3n) is 2.04. The molecule has 0 amide bonds. The van der Waals surface area contributed by atoms with E-state index < -0.39 is 0 Å². The first-order valence-electron chi connectivity index (χ1n) is 4.57. The van der Waals surface area contributed by atoms with Crippen molar-refractivity contribution < 1.29 is 5.11 Å². The standard InChI is InChI=1S/C9H17N3O/c1-4-5-10-9-7(2)11-12(3)8(9)6-13/h10,13H,4-6H2,1-3H3. The summed E-state index contributed by atoms with van der Waals surface area (Å²) in [7, 11) is 1.84. The van der Waals surface area contributed by atoms with Crippen molar-refractivity contribution in [2.45, 2.75) is 26.9 Å². The van der Waals surface area contributed by atoms with Gasteiger partial charge in [-0.2, -0.15) is 5.10 Å². The molecule has 74 valence electrons. The van der Waals surface area contributed by atoms with Crippen molar-refractivity contribution in [3.63, 3.8) is 0 Å². The molecule has 0 bridgehead atoms. The first-order chi connectivity index (χ1) is 6.20. The van der Waals surface area contributed by atoms with E-state index in [1.807, 2.05) is 14.0 Å². The number of aryl methyl sites for hydroxylation is 2. The Bertz CT molecular complexity index is 281. The van der Waals surface area contributed by atoms with Gasteiger partial charge in [0.15, 0.2) is 0 Å². The summed E-state index contributed by atoms with van der Waals surface area (Å²) < 4.78 is 1.72. The van der Waals surface area contributed by atoms with Crippen LogP contribution < -0.4 is 5.32 Å². The molecule has 0 aliphatic rings. The molecule has 0 aliphatic heterocycles. The Morgan fingerprint density at radius 1 is 1.54 bits per heavy atom. The van der Waals surface area contributed by atoms with Gasteiger partial charge in [0.1, 0.15) is 0 Å². The number of hydrogen-bond acceptors (Lipinski definition) is 3. The molecular formula is C9H17N3O. The average molecular weight is 183 g/mol. The van der Waals surface area contributed by atoms with Gasteiger partial charge in [0.05, 0.1) is 23.7 Å². The van der Waals surface area contributed by atoms with E-state index in [2.05, 4.69) is 17.3 Å². The molecule has 4 nitrogen and oxygen atoms in total. The number of aliphatic hydroxyl groups is 1. The lowest BCUT2D eigenvalue weighted by atomic mass is 10.3.